The van der Waals surface area contributed by atoms with Crippen LogP contribution in [0.25, 0.3) is 0 Å². The van der Waals surface area contributed by atoms with E-state index >= 15 is 0 Å². The van der Waals surface area contributed by atoms with Crippen molar-refractivity contribution in [2.45, 2.75) is 49.9 Å². The molecule has 1 aliphatic rings. The van der Waals surface area contributed by atoms with Gasteiger partial charge in [0.05, 0.1) is 12.1 Å². The van der Waals surface area contributed by atoms with Crippen LogP contribution in [0.1, 0.15) is 26.7 Å². The smallest absolute Gasteiger partial charge is 0.377 e. The third kappa shape index (κ3) is 6.22. The van der Waals surface area contributed by atoms with Crippen molar-refractivity contribution in [2.24, 2.45) is 0 Å². The Labute approximate surface area is 134 Å². The van der Waals surface area contributed by atoms with E-state index in [1.807, 2.05) is 21.2 Å². The van der Waals surface area contributed by atoms with Gasteiger partial charge in [0, 0.05) is 29.8 Å². The highest BCUT2D eigenvalue weighted by atomic mass is 79.9. The monoisotopic (exact) mass is 386 g/mol. The molecule has 1 heterocycles. The van der Waals surface area contributed by atoms with Crippen LogP contribution in [-0.4, -0.2) is 47.6 Å². The predicted molar refractivity (Wildman–Crippen MR) is 74.1 cm³/mol. The van der Waals surface area contributed by atoms with Gasteiger partial charge in [0.2, 0.25) is 5.91 Å². The number of rotatable bonds is 5. The fourth-order valence-electron chi connectivity index (χ4n) is 1.97. The third-order valence-electron chi connectivity index (χ3n) is 2.90. The van der Waals surface area contributed by atoms with Gasteiger partial charge in [-0.15, -0.1) is 0 Å². The van der Waals surface area contributed by atoms with Crippen LogP contribution in [0.4, 0.5) is 8.78 Å². The Hall–Kier alpha value is -1.29. The lowest BCUT2D eigenvalue weighted by Gasteiger charge is -2.37. The molecule has 3 atom stereocenters. The molecule has 10 heteroatoms. The number of halogens is 3. The van der Waals surface area contributed by atoms with Gasteiger partial charge < -0.3 is 20.1 Å². The molecule has 0 spiro atoms. The van der Waals surface area contributed by atoms with Crippen molar-refractivity contribution in [3.63, 3.8) is 0 Å². The fraction of sp³-hybridized carbons (Fsp3) is 0.750. The molecule has 2 amide bonds. The normalized spacial score (nSPS) is 25.2. The number of hydrogen-bond acceptors (Lipinski definition) is 5. The quantitative estimate of drug-likeness (QED) is 0.534. The first-order valence-corrected chi connectivity index (χ1v) is 7.32. The summed E-state index contributed by atoms with van der Waals surface area (Å²) < 4.78 is 36.0. The van der Waals surface area contributed by atoms with Gasteiger partial charge in [-0.05, 0) is 12.8 Å². The summed E-state index contributed by atoms with van der Waals surface area (Å²) in [6.07, 6.45) is -0.878. The van der Waals surface area contributed by atoms with Gasteiger partial charge in [0.1, 0.15) is 6.61 Å². The van der Waals surface area contributed by atoms with Crippen LogP contribution in [0, 0.1) is 0 Å². The molecule has 3 unspecified atom stereocenters. The van der Waals surface area contributed by atoms with E-state index in [4.69, 9.17) is 9.47 Å². The maximum Gasteiger partial charge on any atom is 0.377 e. The number of hydrogen-bond donors (Lipinski definition) is 2. The minimum absolute atomic E-state index is 0.0563. The van der Waals surface area contributed by atoms with Crippen molar-refractivity contribution in [3.05, 3.63) is 0 Å². The van der Waals surface area contributed by atoms with Crippen LogP contribution in [-0.2, 0) is 23.9 Å². The average molecular weight is 387 g/mol. The molecule has 2 N–H and O–H groups in total. The topological polar surface area (TPSA) is 93.7 Å². The van der Waals surface area contributed by atoms with E-state index in [1.165, 1.54) is 13.8 Å². The Morgan fingerprint density at radius 2 is 1.91 bits per heavy atom. The van der Waals surface area contributed by atoms with Crippen molar-refractivity contribution in [1.82, 2.24) is 10.6 Å². The van der Waals surface area contributed by atoms with Gasteiger partial charge >= 0.3 is 16.7 Å². The Kier molecular flexibility index (Phi) is 6.66. The summed E-state index contributed by atoms with van der Waals surface area (Å²) >= 11 is 1.95. The lowest BCUT2D eigenvalue weighted by atomic mass is 10.0. The van der Waals surface area contributed by atoms with E-state index in [2.05, 4.69) is 5.32 Å². The molecular weight excluding hydrogens is 370 g/mol. The van der Waals surface area contributed by atoms with Crippen molar-refractivity contribution in [2.75, 3.05) is 6.61 Å². The molecule has 1 rings (SSSR count). The molecule has 1 fully saturated rings. The van der Waals surface area contributed by atoms with E-state index in [1.54, 1.807) is 0 Å². The van der Waals surface area contributed by atoms with E-state index in [-0.39, 0.29) is 12.5 Å². The predicted octanol–water partition coefficient (Wildman–Crippen LogP) is 0.663. The Morgan fingerprint density at radius 3 is 2.41 bits per heavy atom. The Balaban J connectivity index is 2.70. The highest BCUT2D eigenvalue weighted by Gasteiger charge is 2.40. The minimum atomic E-state index is -3.75. The second kappa shape index (κ2) is 7.82. The first-order valence-electron chi connectivity index (χ1n) is 6.53. The molecule has 1 aliphatic heterocycles. The molecule has 22 heavy (non-hydrogen) atoms. The second-order valence-corrected chi connectivity index (χ2v) is 5.83. The van der Waals surface area contributed by atoms with Gasteiger partial charge in [-0.3, -0.25) is 14.4 Å². The number of carbonyl (C=O) groups excluding carboxylic acids is 3. The molecule has 1 saturated heterocycles. The number of esters is 1. The van der Waals surface area contributed by atoms with E-state index < -0.39 is 35.1 Å². The van der Waals surface area contributed by atoms with Crippen LogP contribution in [0.15, 0.2) is 0 Å². The molecule has 0 aliphatic carbocycles. The molecule has 0 bridgehead atoms. The molecule has 0 aromatic rings. The minimum Gasteiger partial charge on any atom is -0.463 e. The number of nitrogens with one attached hydrogen (secondary N) is 2. The maximum atomic E-state index is 12.9. The highest BCUT2D eigenvalue weighted by Crippen LogP contribution is 2.24. The van der Waals surface area contributed by atoms with Crippen LogP contribution in [0.3, 0.4) is 0 Å². The Bertz CT molecular complexity index is 444. The van der Waals surface area contributed by atoms with Crippen molar-refractivity contribution >= 4 is 33.7 Å². The zero-order chi connectivity index (χ0) is 16.9. The SMILES string of the molecule is CC(=O)NC1CCC(COC(C)=O)OC1NC(=O)C(F)(F)Br. The van der Waals surface area contributed by atoms with Gasteiger partial charge in [-0.2, -0.15) is 8.78 Å². The van der Waals surface area contributed by atoms with Crippen LogP contribution in [0.5, 0.6) is 0 Å². The fourth-order valence-corrected chi connectivity index (χ4v) is 2.09. The third-order valence-corrected chi connectivity index (χ3v) is 3.26. The van der Waals surface area contributed by atoms with Crippen molar-refractivity contribution in [3.8, 4) is 0 Å². The number of amides is 2. The van der Waals surface area contributed by atoms with Gasteiger partial charge in [-0.1, -0.05) is 0 Å². The van der Waals surface area contributed by atoms with E-state index in [9.17, 15) is 23.2 Å². The molecule has 0 radical (unpaired) electrons. The lowest BCUT2D eigenvalue weighted by Crippen LogP contribution is -2.58. The first-order chi connectivity index (χ1) is 10.1. The van der Waals surface area contributed by atoms with Gasteiger partial charge in [-0.25, -0.2) is 0 Å². The average Bonchev–Trinajstić information content (AvgIpc) is 2.37. The zero-order valence-corrected chi connectivity index (χ0v) is 13.6. The second-order valence-electron chi connectivity index (χ2n) is 4.84. The number of ether oxygens (including phenoxy) is 2. The van der Waals surface area contributed by atoms with Crippen molar-refractivity contribution in [1.29, 1.82) is 0 Å². The summed E-state index contributed by atoms with van der Waals surface area (Å²) in [6.45, 7) is 2.44. The van der Waals surface area contributed by atoms with E-state index in [0.717, 1.165) is 0 Å². The first kappa shape index (κ1) is 18.8. The summed E-state index contributed by atoms with van der Waals surface area (Å²) in [4.78, 5) is 29.5. The van der Waals surface area contributed by atoms with Gasteiger partial charge in [0.25, 0.3) is 0 Å². The summed E-state index contributed by atoms with van der Waals surface area (Å²) in [5.74, 6) is -2.46. The van der Waals surface area contributed by atoms with E-state index in [0.29, 0.717) is 12.8 Å². The molecule has 0 aromatic heterocycles. The lowest BCUT2D eigenvalue weighted by molar-refractivity contribution is -0.159. The molecule has 7 nitrogen and oxygen atoms in total. The highest BCUT2D eigenvalue weighted by molar-refractivity contribution is 9.10. The summed E-state index contributed by atoms with van der Waals surface area (Å²) in [7, 11) is 0. The molecule has 126 valence electrons. The summed E-state index contributed by atoms with van der Waals surface area (Å²) in [6, 6.07) is -0.648. The number of alkyl halides is 3. The van der Waals surface area contributed by atoms with Crippen LogP contribution < -0.4 is 10.6 Å². The largest absolute Gasteiger partial charge is 0.463 e. The van der Waals surface area contributed by atoms with Crippen LogP contribution >= 0.6 is 15.9 Å². The van der Waals surface area contributed by atoms with Gasteiger partial charge in [0.15, 0.2) is 6.23 Å². The van der Waals surface area contributed by atoms with Crippen molar-refractivity contribution < 1.29 is 32.6 Å². The Morgan fingerprint density at radius 1 is 1.27 bits per heavy atom. The summed E-state index contributed by atoms with van der Waals surface area (Å²) in [5, 5.41) is 4.55. The zero-order valence-electron chi connectivity index (χ0n) is 12.0. The molecule has 0 saturated carbocycles. The van der Waals surface area contributed by atoms with Crippen LogP contribution in [0.2, 0.25) is 0 Å². The standard InChI is InChI=1S/C12H17BrF2N2O5/c1-6(18)16-9-4-3-8(5-21-7(2)19)22-10(9)17-11(20)12(13,14)15/h8-10H,3-5H2,1-2H3,(H,16,18)(H,17,20). The molecular formula is C12H17BrF2N2O5. The number of carbonyl (C=O) groups is 3. The summed E-state index contributed by atoms with van der Waals surface area (Å²) in [5.41, 5.74) is 0. The maximum absolute atomic E-state index is 12.9. The molecule has 0 aromatic carbocycles.